The van der Waals surface area contributed by atoms with Crippen LogP contribution in [0.4, 0.5) is 0 Å². The van der Waals surface area contributed by atoms with Gasteiger partial charge in [0.25, 0.3) is 0 Å². The largest absolute Gasteiger partial charge is 0.424 e. The number of hydrogen-bond acceptors (Lipinski definition) is 5. The number of benzene rings is 1. The van der Waals surface area contributed by atoms with Crippen molar-refractivity contribution >= 4 is 17.5 Å². The number of halogens is 1. The molecule has 1 saturated carbocycles. The Balaban J connectivity index is 1.32. The van der Waals surface area contributed by atoms with Gasteiger partial charge in [0.2, 0.25) is 17.7 Å². The van der Waals surface area contributed by atoms with Gasteiger partial charge in [-0.05, 0) is 42.5 Å². The van der Waals surface area contributed by atoms with Gasteiger partial charge in [0, 0.05) is 30.6 Å². The normalized spacial score (nSPS) is 15.2. The van der Waals surface area contributed by atoms with Gasteiger partial charge in [-0.15, -0.1) is 10.2 Å². The first-order valence-corrected chi connectivity index (χ1v) is 9.87. The Bertz CT molecular complexity index is 916. The van der Waals surface area contributed by atoms with Crippen LogP contribution in [0.3, 0.4) is 0 Å². The fraction of sp³-hybridized carbons (Fsp3) is 0.400. The van der Waals surface area contributed by atoms with Crippen LogP contribution in [-0.4, -0.2) is 32.8 Å². The molecule has 1 aliphatic rings. The number of aryl methyl sites for hydroxylation is 1. The molecule has 8 heteroatoms. The summed E-state index contributed by atoms with van der Waals surface area (Å²) in [5, 5.41) is 18.7. The van der Waals surface area contributed by atoms with Crippen LogP contribution in [0.25, 0.3) is 0 Å². The first-order chi connectivity index (χ1) is 13.7. The highest BCUT2D eigenvalue weighted by atomic mass is 35.5. The highest BCUT2D eigenvalue weighted by Crippen LogP contribution is 2.48. The van der Waals surface area contributed by atoms with Gasteiger partial charge in [0.1, 0.15) is 0 Å². The molecular weight excluding hydrogens is 378 g/mol. The first-order valence-electron chi connectivity index (χ1n) is 9.49. The molecule has 1 amide bonds. The number of aromatic amines is 1. The average molecular weight is 400 g/mol. The lowest BCUT2D eigenvalue weighted by molar-refractivity contribution is -0.121. The molecule has 0 bridgehead atoms. The zero-order chi connectivity index (χ0) is 19.4. The number of nitrogens with one attached hydrogen (secondary N) is 2. The molecule has 0 aliphatic heterocycles. The minimum absolute atomic E-state index is 0.0284. The fourth-order valence-electron chi connectivity index (χ4n) is 3.54. The lowest BCUT2D eigenvalue weighted by Gasteiger charge is -2.39. The van der Waals surface area contributed by atoms with Crippen molar-refractivity contribution in [2.45, 2.75) is 43.9 Å². The predicted octanol–water partition coefficient (Wildman–Crippen LogP) is 3.21. The summed E-state index contributed by atoms with van der Waals surface area (Å²) in [5.74, 6) is 1.11. The number of amides is 1. The number of rotatable bonds is 8. The minimum Gasteiger partial charge on any atom is -0.424 e. The van der Waals surface area contributed by atoms with Crippen molar-refractivity contribution in [1.29, 1.82) is 0 Å². The van der Waals surface area contributed by atoms with Crippen LogP contribution < -0.4 is 5.32 Å². The molecule has 2 heterocycles. The van der Waals surface area contributed by atoms with Crippen molar-refractivity contribution < 1.29 is 9.21 Å². The summed E-state index contributed by atoms with van der Waals surface area (Å²) in [5.41, 5.74) is 1.99. The van der Waals surface area contributed by atoms with Gasteiger partial charge in [-0.25, -0.2) is 0 Å². The number of aromatic nitrogens is 4. The average Bonchev–Trinajstić information content (AvgIpc) is 3.33. The van der Waals surface area contributed by atoms with E-state index in [9.17, 15) is 4.79 Å². The van der Waals surface area contributed by atoms with Crippen molar-refractivity contribution in [2.75, 3.05) is 6.54 Å². The van der Waals surface area contributed by atoms with Crippen LogP contribution in [0.5, 0.6) is 0 Å². The molecule has 3 aromatic rings. The molecular formula is C20H22ClN5O2. The molecule has 0 saturated heterocycles. The molecule has 1 aliphatic carbocycles. The van der Waals surface area contributed by atoms with E-state index in [4.69, 9.17) is 16.0 Å². The minimum atomic E-state index is -0.220. The van der Waals surface area contributed by atoms with Gasteiger partial charge >= 0.3 is 0 Å². The Hall–Kier alpha value is -2.67. The van der Waals surface area contributed by atoms with E-state index in [-0.39, 0.29) is 11.3 Å². The van der Waals surface area contributed by atoms with E-state index >= 15 is 0 Å². The second kappa shape index (κ2) is 8.14. The smallest absolute Gasteiger partial charge is 0.227 e. The van der Waals surface area contributed by atoms with E-state index in [0.29, 0.717) is 36.2 Å². The summed E-state index contributed by atoms with van der Waals surface area (Å²) in [6.07, 6.45) is 8.15. The number of carbonyl (C=O) groups is 1. The Morgan fingerprint density at radius 2 is 2.04 bits per heavy atom. The van der Waals surface area contributed by atoms with E-state index in [0.717, 1.165) is 36.8 Å². The molecule has 146 valence electrons. The molecule has 2 aromatic heterocycles. The maximum absolute atomic E-state index is 12.0. The molecule has 2 N–H and O–H groups in total. The van der Waals surface area contributed by atoms with Crippen molar-refractivity contribution in [1.82, 2.24) is 25.7 Å². The summed E-state index contributed by atoms with van der Waals surface area (Å²) in [4.78, 5) is 12.0. The maximum Gasteiger partial charge on any atom is 0.227 e. The lowest BCUT2D eigenvalue weighted by Crippen LogP contribution is -2.35. The highest BCUT2D eigenvalue weighted by molar-refractivity contribution is 6.30. The van der Waals surface area contributed by atoms with Gasteiger partial charge in [-0.3, -0.25) is 9.89 Å². The van der Waals surface area contributed by atoms with Crippen molar-refractivity contribution in [3.05, 3.63) is 64.6 Å². The summed E-state index contributed by atoms with van der Waals surface area (Å²) < 4.78 is 5.94. The van der Waals surface area contributed by atoms with E-state index < -0.39 is 0 Å². The lowest BCUT2D eigenvalue weighted by atomic mass is 9.64. The van der Waals surface area contributed by atoms with Crippen LogP contribution in [0.1, 0.15) is 48.6 Å². The molecule has 1 fully saturated rings. The van der Waals surface area contributed by atoms with Crippen LogP contribution in [0.2, 0.25) is 5.02 Å². The number of nitrogens with zero attached hydrogens (tertiary/aromatic N) is 3. The third-order valence-electron chi connectivity index (χ3n) is 5.34. The quantitative estimate of drug-likeness (QED) is 0.606. The van der Waals surface area contributed by atoms with Crippen LogP contribution in [0.15, 0.2) is 41.1 Å². The third-order valence-corrected chi connectivity index (χ3v) is 5.59. The predicted molar refractivity (Wildman–Crippen MR) is 104 cm³/mol. The summed E-state index contributed by atoms with van der Waals surface area (Å²) >= 11 is 6.02. The van der Waals surface area contributed by atoms with Gasteiger partial charge in [-0.2, -0.15) is 5.10 Å². The molecule has 7 nitrogen and oxygen atoms in total. The maximum atomic E-state index is 12.0. The van der Waals surface area contributed by atoms with Crippen molar-refractivity contribution in [3.8, 4) is 0 Å². The van der Waals surface area contributed by atoms with Crippen LogP contribution in [0, 0.1) is 0 Å². The molecule has 28 heavy (non-hydrogen) atoms. The van der Waals surface area contributed by atoms with Crippen molar-refractivity contribution in [2.24, 2.45) is 0 Å². The molecule has 1 aromatic carbocycles. The standard InChI is InChI=1S/C20H22ClN5O2/c21-16-4-2-15(3-5-16)20(9-1-10-20)19-26-25-18(28-19)7-6-17(27)22-11-8-14-12-23-24-13-14/h2-5,12-13H,1,6-11H2,(H,22,27)(H,23,24). The summed E-state index contributed by atoms with van der Waals surface area (Å²) in [7, 11) is 0. The molecule has 0 radical (unpaired) electrons. The Labute approximate surface area is 167 Å². The molecule has 0 unspecified atom stereocenters. The highest BCUT2D eigenvalue weighted by Gasteiger charge is 2.45. The molecule has 0 spiro atoms. The zero-order valence-corrected chi connectivity index (χ0v) is 16.2. The van der Waals surface area contributed by atoms with Gasteiger partial charge < -0.3 is 9.73 Å². The second-order valence-electron chi connectivity index (χ2n) is 7.15. The topological polar surface area (TPSA) is 96.7 Å². The van der Waals surface area contributed by atoms with Crippen LogP contribution in [-0.2, 0) is 23.1 Å². The third kappa shape index (κ3) is 3.94. The number of H-pyrrole nitrogens is 1. The van der Waals surface area contributed by atoms with Gasteiger partial charge in [-0.1, -0.05) is 30.2 Å². The Kier molecular flexibility index (Phi) is 5.43. The summed E-state index contributed by atoms with van der Waals surface area (Å²) in [6, 6.07) is 7.84. The fourth-order valence-corrected chi connectivity index (χ4v) is 3.67. The van der Waals surface area contributed by atoms with Gasteiger partial charge in [0.05, 0.1) is 11.6 Å². The van der Waals surface area contributed by atoms with Gasteiger partial charge in [0.15, 0.2) is 0 Å². The van der Waals surface area contributed by atoms with E-state index in [2.05, 4.69) is 25.7 Å². The Morgan fingerprint density at radius 1 is 1.21 bits per heavy atom. The van der Waals surface area contributed by atoms with E-state index in [1.54, 1.807) is 6.20 Å². The monoisotopic (exact) mass is 399 g/mol. The number of hydrogen-bond donors (Lipinski definition) is 2. The zero-order valence-electron chi connectivity index (χ0n) is 15.4. The molecule has 4 rings (SSSR count). The Morgan fingerprint density at radius 3 is 2.71 bits per heavy atom. The summed E-state index contributed by atoms with van der Waals surface area (Å²) in [6.45, 7) is 0.577. The molecule has 0 atom stereocenters. The van der Waals surface area contributed by atoms with Crippen LogP contribution >= 0.6 is 11.6 Å². The van der Waals surface area contributed by atoms with E-state index in [1.165, 1.54) is 0 Å². The van der Waals surface area contributed by atoms with E-state index in [1.807, 2.05) is 30.5 Å². The van der Waals surface area contributed by atoms with Crippen molar-refractivity contribution in [3.63, 3.8) is 0 Å². The number of carbonyl (C=O) groups excluding carboxylic acids is 1. The SMILES string of the molecule is O=C(CCc1nnc(C2(c3ccc(Cl)cc3)CCC2)o1)NCCc1cn[nH]c1. The first kappa shape index (κ1) is 18.7. The second-order valence-corrected chi connectivity index (χ2v) is 7.59.